The normalized spacial score (nSPS) is 17.9. The van der Waals surface area contributed by atoms with Gasteiger partial charge in [-0.05, 0) is 49.6 Å². The van der Waals surface area contributed by atoms with E-state index in [9.17, 15) is 14.4 Å². The number of anilines is 3. The predicted octanol–water partition coefficient (Wildman–Crippen LogP) is 5.12. The third kappa shape index (κ3) is 4.79. The third-order valence-corrected chi connectivity index (χ3v) is 7.79. The van der Waals surface area contributed by atoms with Gasteiger partial charge in [-0.1, -0.05) is 24.8 Å². The monoisotopic (exact) mass is 540 g/mol. The molecule has 2 atom stereocenters. The van der Waals surface area contributed by atoms with Gasteiger partial charge in [0, 0.05) is 24.3 Å². The van der Waals surface area contributed by atoms with Crippen LogP contribution in [0.5, 0.6) is 11.6 Å². The molecule has 0 bridgehead atoms. The summed E-state index contributed by atoms with van der Waals surface area (Å²) in [5.41, 5.74) is 1.60. The molecule has 11 heteroatoms. The maximum atomic E-state index is 13.3. The number of carbonyl (C=O) groups is 3. The van der Waals surface area contributed by atoms with Crippen molar-refractivity contribution >= 4 is 56.5 Å². The summed E-state index contributed by atoms with van der Waals surface area (Å²) in [6.07, 6.45) is 6.57. The van der Waals surface area contributed by atoms with Crippen molar-refractivity contribution in [3.05, 3.63) is 78.5 Å². The lowest BCUT2D eigenvalue weighted by Crippen LogP contribution is -2.37. The van der Waals surface area contributed by atoms with Gasteiger partial charge in [-0.15, -0.1) is 11.3 Å². The Morgan fingerprint density at radius 1 is 1.08 bits per heavy atom. The molecule has 2 unspecified atom stereocenters. The van der Waals surface area contributed by atoms with Crippen molar-refractivity contribution in [2.24, 2.45) is 0 Å². The maximum Gasteiger partial charge on any atom is 0.331 e. The van der Waals surface area contributed by atoms with Crippen LogP contribution in [0.15, 0.2) is 73.6 Å². The fourth-order valence-electron chi connectivity index (χ4n) is 4.93. The maximum absolute atomic E-state index is 13.3. The highest BCUT2D eigenvalue weighted by molar-refractivity contribution is 7.21. The van der Waals surface area contributed by atoms with Gasteiger partial charge in [0.15, 0.2) is 0 Å². The molecule has 1 saturated carbocycles. The van der Waals surface area contributed by atoms with E-state index in [2.05, 4.69) is 32.5 Å². The number of nitrogens with one attached hydrogen (secondary N) is 3. The number of carbonyl (C=O) groups excluding carboxylic acids is 3. The summed E-state index contributed by atoms with van der Waals surface area (Å²) in [4.78, 5) is 49.6. The smallest absolute Gasteiger partial charge is 0.331 e. The average molecular weight is 541 g/mol. The van der Waals surface area contributed by atoms with E-state index in [4.69, 9.17) is 4.74 Å². The van der Waals surface area contributed by atoms with E-state index >= 15 is 0 Å². The number of rotatable bonds is 7. The molecular weight excluding hydrogens is 516 g/mol. The van der Waals surface area contributed by atoms with Crippen LogP contribution in [-0.4, -0.2) is 39.9 Å². The molecule has 3 N–H and O–H groups in total. The first-order valence-electron chi connectivity index (χ1n) is 12.5. The molecule has 6 rings (SSSR count). The van der Waals surface area contributed by atoms with Crippen molar-refractivity contribution in [3.8, 4) is 11.6 Å². The summed E-state index contributed by atoms with van der Waals surface area (Å²) >= 11 is 1.23. The molecule has 2 aliphatic rings. The van der Waals surface area contributed by atoms with Crippen molar-refractivity contribution < 1.29 is 19.1 Å². The zero-order valence-electron chi connectivity index (χ0n) is 20.7. The Balaban J connectivity index is 1.24. The summed E-state index contributed by atoms with van der Waals surface area (Å²) in [6, 6.07) is 14.0. The highest BCUT2D eigenvalue weighted by Gasteiger charge is 2.34. The lowest BCUT2D eigenvalue weighted by atomic mass is 10.1. The Morgan fingerprint density at radius 2 is 1.87 bits per heavy atom. The highest BCUT2D eigenvalue weighted by Crippen LogP contribution is 2.45. The van der Waals surface area contributed by atoms with Crippen LogP contribution in [0.4, 0.5) is 21.9 Å². The van der Waals surface area contributed by atoms with Crippen molar-refractivity contribution in [1.29, 1.82) is 0 Å². The topological polar surface area (TPSA) is 126 Å². The zero-order valence-corrected chi connectivity index (χ0v) is 21.5. The molecule has 3 aromatic heterocycles. The van der Waals surface area contributed by atoms with Gasteiger partial charge in [-0.3, -0.25) is 14.5 Å². The minimum atomic E-state index is -0.408. The molecule has 196 valence electrons. The number of para-hydroxylation sites is 1. The van der Waals surface area contributed by atoms with Crippen molar-refractivity contribution in [1.82, 2.24) is 20.6 Å². The van der Waals surface area contributed by atoms with Crippen LogP contribution in [0.25, 0.3) is 10.2 Å². The van der Waals surface area contributed by atoms with E-state index in [1.165, 1.54) is 22.3 Å². The molecule has 10 nitrogen and oxygen atoms in total. The van der Waals surface area contributed by atoms with Crippen LogP contribution in [0.2, 0.25) is 0 Å². The summed E-state index contributed by atoms with van der Waals surface area (Å²) < 4.78 is 5.77. The van der Waals surface area contributed by atoms with E-state index in [-0.39, 0.29) is 23.9 Å². The van der Waals surface area contributed by atoms with E-state index in [1.54, 1.807) is 30.6 Å². The van der Waals surface area contributed by atoms with Crippen LogP contribution >= 0.6 is 11.3 Å². The van der Waals surface area contributed by atoms with Crippen molar-refractivity contribution in [2.75, 3.05) is 10.2 Å². The van der Waals surface area contributed by atoms with Gasteiger partial charge < -0.3 is 20.7 Å². The van der Waals surface area contributed by atoms with Crippen LogP contribution < -0.4 is 25.6 Å². The second-order valence-electron chi connectivity index (χ2n) is 9.24. The molecule has 1 aliphatic heterocycles. The quantitative estimate of drug-likeness (QED) is 0.280. The van der Waals surface area contributed by atoms with E-state index in [0.717, 1.165) is 12.8 Å². The minimum absolute atomic E-state index is 0.0128. The van der Waals surface area contributed by atoms with Gasteiger partial charge in [0.2, 0.25) is 11.8 Å². The van der Waals surface area contributed by atoms with Crippen molar-refractivity contribution in [3.63, 3.8) is 0 Å². The Morgan fingerprint density at radius 3 is 2.62 bits per heavy atom. The van der Waals surface area contributed by atoms with E-state index in [1.807, 2.05) is 30.3 Å². The summed E-state index contributed by atoms with van der Waals surface area (Å²) in [7, 11) is 0. The summed E-state index contributed by atoms with van der Waals surface area (Å²) in [6.45, 7) is 3.48. The van der Waals surface area contributed by atoms with Gasteiger partial charge in [-0.2, -0.15) is 0 Å². The Hall–Kier alpha value is -4.77. The molecule has 0 saturated heterocycles. The minimum Gasteiger partial charge on any atom is -0.439 e. The van der Waals surface area contributed by atoms with Gasteiger partial charge in [0.05, 0.1) is 28.6 Å². The first-order valence-corrected chi connectivity index (χ1v) is 13.3. The van der Waals surface area contributed by atoms with Gasteiger partial charge in [0.1, 0.15) is 15.5 Å². The number of nitrogens with zero attached hydrogens (tertiary/aromatic N) is 3. The molecule has 1 fully saturated rings. The number of urea groups is 1. The lowest BCUT2D eigenvalue weighted by molar-refractivity contribution is -0.117. The van der Waals surface area contributed by atoms with Gasteiger partial charge in [-0.25, -0.2) is 14.8 Å². The van der Waals surface area contributed by atoms with Crippen LogP contribution in [0, 0.1) is 0 Å². The number of pyridine rings is 2. The average Bonchev–Trinajstić information content (AvgIpc) is 3.55. The fourth-order valence-corrected chi connectivity index (χ4v) is 5.95. The largest absolute Gasteiger partial charge is 0.439 e. The molecule has 39 heavy (non-hydrogen) atoms. The Bertz CT molecular complexity index is 1590. The number of amides is 4. The molecule has 1 aliphatic carbocycles. The van der Waals surface area contributed by atoms with Gasteiger partial charge in [0.25, 0.3) is 5.91 Å². The second-order valence-corrected chi connectivity index (χ2v) is 10.2. The molecule has 4 heterocycles. The number of hydrogen-bond acceptors (Lipinski definition) is 7. The predicted molar refractivity (Wildman–Crippen MR) is 149 cm³/mol. The SMILES string of the molecule is C=CC(=O)NC1CCC(NC(=O)c2sc3nccc4c3c2NC(=O)N4c2ccc(Oc3ccccc3)nc2)C1. The molecule has 4 aromatic rings. The molecule has 0 radical (unpaired) electrons. The summed E-state index contributed by atoms with van der Waals surface area (Å²) in [5, 5.41) is 9.53. The number of aromatic nitrogens is 2. The lowest BCUT2D eigenvalue weighted by Gasteiger charge is -2.28. The Kier molecular flexibility index (Phi) is 6.41. The first-order chi connectivity index (χ1) is 19.0. The fraction of sp³-hybridized carbons (Fsp3) is 0.179. The summed E-state index contributed by atoms with van der Waals surface area (Å²) in [5.74, 6) is 0.557. The number of thiophene rings is 1. The van der Waals surface area contributed by atoms with E-state index in [0.29, 0.717) is 50.2 Å². The Labute approximate surface area is 227 Å². The molecule has 0 spiro atoms. The molecule has 1 aromatic carbocycles. The van der Waals surface area contributed by atoms with Crippen molar-refractivity contribution in [2.45, 2.75) is 31.3 Å². The van der Waals surface area contributed by atoms with Crippen LogP contribution in [0.3, 0.4) is 0 Å². The standard InChI is InChI=1S/C28H24N6O4S/c1-2-21(35)31-16-8-9-17(14-16)32-26(36)25-24-23-20(12-13-29-27(23)39-25)34(28(37)33-24)18-10-11-22(30-15-18)38-19-6-4-3-5-7-19/h2-7,10-13,15-17H,1,8-9,14H2,(H,31,35)(H,32,36)(H,33,37). The van der Waals surface area contributed by atoms with Crippen LogP contribution in [-0.2, 0) is 4.79 Å². The third-order valence-electron chi connectivity index (χ3n) is 6.70. The second kappa shape index (κ2) is 10.2. The highest BCUT2D eigenvalue weighted by atomic mass is 32.1. The van der Waals surface area contributed by atoms with Crippen LogP contribution in [0.1, 0.15) is 28.9 Å². The first kappa shape index (κ1) is 24.6. The molecule has 4 amide bonds. The zero-order chi connectivity index (χ0) is 26.9. The number of benzene rings is 1. The van der Waals surface area contributed by atoms with Gasteiger partial charge >= 0.3 is 6.03 Å². The van der Waals surface area contributed by atoms with E-state index < -0.39 is 6.03 Å². The number of hydrogen-bond donors (Lipinski definition) is 3. The number of ether oxygens (including phenoxy) is 1. The molecular formula is C28H24N6O4S.